The van der Waals surface area contributed by atoms with Crippen LogP contribution < -0.4 is 10.6 Å². The van der Waals surface area contributed by atoms with Crippen molar-refractivity contribution in [2.45, 2.75) is 64.0 Å². The SMILES string of the molecule is CC1CCCC(C)N1CC(=O)Nc1cc(C2CCC(=O)NC2=O)ccn1. The summed E-state index contributed by atoms with van der Waals surface area (Å²) in [7, 11) is 0. The van der Waals surface area contributed by atoms with Crippen LogP contribution in [0.1, 0.15) is 57.4 Å². The maximum atomic E-state index is 12.4. The highest BCUT2D eigenvalue weighted by Gasteiger charge is 2.29. The number of pyridine rings is 1. The largest absolute Gasteiger partial charge is 0.310 e. The van der Waals surface area contributed by atoms with Crippen LogP contribution in [0.4, 0.5) is 5.82 Å². The molecule has 0 spiro atoms. The van der Waals surface area contributed by atoms with Gasteiger partial charge in [0, 0.05) is 24.7 Å². The number of nitrogens with zero attached hydrogens (tertiary/aromatic N) is 2. The summed E-state index contributed by atoms with van der Waals surface area (Å²) < 4.78 is 0. The quantitative estimate of drug-likeness (QED) is 0.801. The number of aromatic nitrogens is 1. The fourth-order valence-electron chi connectivity index (χ4n) is 3.88. The van der Waals surface area contributed by atoms with E-state index in [0.29, 0.717) is 37.3 Å². The molecule has 3 rings (SSSR count). The van der Waals surface area contributed by atoms with Gasteiger partial charge in [-0.1, -0.05) is 6.42 Å². The van der Waals surface area contributed by atoms with Gasteiger partial charge in [-0.25, -0.2) is 4.98 Å². The van der Waals surface area contributed by atoms with Crippen molar-refractivity contribution in [2.24, 2.45) is 0 Å². The van der Waals surface area contributed by atoms with Gasteiger partial charge in [0.05, 0.1) is 12.5 Å². The number of hydrogen-bond donors (Lipinski definition) is 2. The molecular formula is C19H26N4O3. The summed E-state index contributed by atoms with van der Waals surface area (Å²) in [6.07, 6.45) is 5.81. The lowest BCUT2D eigenvalue weighted by Crippen LogP contribution is -2.47. The van der Waals surface area contributed by atoms with E-state index < -0.39 is 0 Å². The van der Waals surface area contributed by atoms with E-state index in [-0.39, 0.29) is 23.6 Å². The lowest BCUT2D eigenvalue weighted by atomic mass is 9.91. The molecule has 0 aromatic carbocycles. The monoisotopic (exact) mass is 358 g/mol. The summed E-state index contributed by atoms with van der Waals surface area (Å²) in [6.45, 7) is 4.66. The van der Waals surface area contributed by atoms with Gasteiger partial charge in [0.25, 0.3) is 0 Å². The zero-order chi connectivity index (χ0) is 18.7. The second-order valence-corrected chi connectivity index (χ2v) is 7.33. The first-order valence-corrected chi connectivity index (χ1v) is 9.29. The van der Waals surface area contributed by atoms with E-state index in [1.807, 2.05) is 0 Å². The van der Waals surface area contributed by atoms with Crippen molar-refractivity contribution in [1.82, 2.24) is 15.2 Å². The van der Waals surface area contributed by atoms with E-state index in [9.17, 15) is 14.4 Å². The minimum Gasteiger partial charge on any atom is -0.310 e. The molecule has 3 heterocycles. The van der Waals surface area contributed by atoms with Crippen LogP contribution in [0.15, 0.2) is 18.3 Å². The van der Waals surface area contributed by atoms with Gasteiger partial charge in [0.1, 0.15) is 5.82 Å². The zero-order valence-corrected chi connectivity index (χ0v) is 15.3. The molecule has 0 aliphatic carbocycles. The van der Waals surface area contributed by atoms with Crippen molar-refractivity contribution in [2.75, 3.05) is 11.9 Å². The van der Waals surface area contributed by atoms with E-state index in [0.717, 1.165) is 18.4 Å². The Morgan fingerprint density at radius 3 is 2.69 bits per heavy atom. The maximum absolute atomic E-state index is 12.4. The second-order valence-electron chi connectivity index (χ2n) is 7.33. The Morgan fingerprint density at radius 1 is 1.27 bits per heavy atom. The Kier molecular flexibility index (Phi) is 5.66. The Morgan fingerprint density at radius 2 is 2.00 bits per heavy atom. The van der Waals surface area contributed by atoms with Crippen molar-refractivity contribution in [1.29, 1.82) is 0 Å². The number of hydrogen-bond acceptors (Lipinski definition) is 5. The first kappa shape index (κ1) is 18.5. The van der Waals surface area contributed by atoms with Crippen LogP contribution in [-0.4, -0.2) is 46.2 Å². The average molecular weight is 358 g/mol. The molecule has 0 radical (unpaired) electrons. The van der Waals surface area contributed by atoms with Gasteiger partial charge in [0.2, 0.25) is 17.7 Å². The maximum Gasteiger partial charge on any atom is 0.239 e. The van der Waals surface area contributed by atoms with Crippen LogP contribution in [0, 0.1) is 0 Å². The van der Waals surface area contributed by atoms with E-state index in [1.54, 1.807) is 18.3 Å². The van der Waals surface area contributed by atoms with Crippen molar-refractivity contribution in [3.8, 4) is 0 Å². The predicted molar refractivity (Wildman–Crippen MR) is 97.5 cm³/mol. The molecule has 0 bridgehead atoms. The molecule has 3 amide bonds. The predicted octanol–water partition coefficient (Wildman–Crippen LogP) is 1.80. The van der Waals surface area contributed by atoms with Crippen molar-refractivity contribution >= 4 is 23.5 Å². The normalized spacial score (nSPS) is 27.1. The average Bonchev–Trinajstić information content (AvgIpc) is 2.58. The number of nitrogens with one attached hydrogen (secondary N) is 2. The zero-order valence-electron chi connectivity index (χ0n) is 15.3. The lowest BCUT2D eigenvalue weighted by Gasteiger charge is -2.38. The summed E-state index contributed by atoms with van der Waals surface area (Å²) in [4.78, 5) is 42.2. The number of amides is 3. The van der Waals surface area contributed by atoms with Gasteiger partial charge < -0.3 is 5.32 Å². The fourth-order valence-corrected chi connectivity index (χ4v) is 3.88. The number of anilines is 1. The molecule has 0 saturated carbocycles. The molecule has 1 aromatic rings. The summed E-state index contributed by atoms with van der Waals surface area (Å²) >= 11 is 0. The Bertz CT molecular complexity index is 696. The molecule has 140 valence electrons. The van der Waals surface area contributed by atoms with Crippen molar-refractivity contribution in [3.05, 3.63) is 23.9 Å². The molecule has 7 nitrogen and oxygen atoms in total. The standard InChI is InChI=1S/C19H26N4O3/c1-12-4-3-5-13(2)23(12)11-18(25)21-16-10-14(8-9-20-16)15-6-7-17(24)22-19(15)26/h8-10,12-13,15H,3-7,11H2,1-2H3,(H,20,21,25)(H,22,24,26). The summed E-state index contributed by atoms with van der Waals surface area (Å²) in [5, 5.41) is 5.20. The minimum atomic E-state index is -0.381. The van der Waals surface area contributed by atoms with Gasteiger partial charge in [-0.05, 0) is 50.8 Å². The van der Waals surface area contributed by atoms with Crippen LogP contribution in [-0.2, 0) is 14.4 Å². The van der Waals surface area contributed by atoms with Gasteiger partial charge in [-0.2, -0.15) is 0 Å². The molecule has 3 atom stereocenters. The third-order valence-corrected chi connectivity index (χ3v) is 5.40. The smallest absolute Gasteiger partial charge is 0.239 e. The topological polar surface area (TPSA) is 91.4 Å². The van der Waals surface area contributed by atoms with Crippen LogP contribution in [0.25, 0.3) is 0 Å². The van der Waals surface area contributed by atoms with Crippen molar-refractivity contribution < 1.29 is 14.4 Å². The third-order valence-electron chi connectivity index (χ3n) is 5.40. The van der Waals surface area contributed by atoms with Gasteiger partial charge >= 0.3 is 0 Å². The fraction of sp³-hybridized carbons (Fsp3) is 0.579. The molecule has 3 unspecified atom stereocenters. The Balaban J connectivity index is 1.64. The van der Waals surface area contributed by atoms with E-state index >= 15 is 0 Å². The number of carbonyl (C=O) groups is 3. The molecule has 1 aromatic heterocycles. The van der Waals surface area contributed by atoms with Gasteiger partial charge in [-0.3, -0.25) is 24.6 Å². The number of likely N-dealkylation sites (tertiary alicyclic amines) is 1. The first-order valence-electron chi connectivity index (χ1n) is 9.29. The van der Waals surface area contributed by atoms with Crippen LogP contribution in [0.3, 0.4) is 0 Å². The van der Waals surface area contributed by atoms with E-state index in [2.05, 4.69) is 34.4 Å². The first-order chi connectivity index (χ1) is 12.4. The van der Waals surface area contributed by atoms with Gasteiger partial charge in [-0.15, -0.1) is 0 Å². The molecular weight excluding hydrogens is 332 g/mol. The number of rotatable bonds is 4. The lowest BCUT2D eigenvalue weighted by molar-refractivity contribution is -0.134. The molecule has 2 N–H and O–H groups in total. The third kappa shape index (κ3) is 4.27. The molecule has 2 aliphatic heterocycles. The summed E-state index contributed by atoms with van der Waals surface area (Å²) in [5.74, 6) is -0.569. The highest BCUT2D eigenvalue weighted by Crippen LogP contribution is 2.26. The molecule has 2 saturated heterocycles. The highest BCUT2D eigenvalue weighted by atomic mass is 16.2. The highest BCUT2D eigenvalue weighted by molar-refractivity contribution is 6.01. The summed E-state index contributed by atoms with van der Waals surface area (Å²) in [5.41, 5.74) is 0.764. The number of imide groups is 1. The second kappa shape index (κ2) is 7.95. The van der Waals surface area contributed by atoms with Crippen LogP contribution in [0.2, 0.25) is 0 Å². The van der Waals surface area contributed by atoms with Gasteiger partial charge in [0.15, 0.2) is 0 Å². The molecule has 2 aliphatic rings. The molecule has 26 heavy (non-hydrogen) atoms. The van der Waals surface area contributed by atoms with E-state index in [1.165, 1.54) is 6.42 Å². The summed E-state index contributed by atoms with van der Waals surface area (Å²) in [6, 6.07) is 4.27. The Labute approximate surface area is 153 Å². The van der Waals surface area contributed by atoms with Crippen molar-refractivity contribution in [3.63, 3.8) is 0 Å². The molecule has 2 fully saturated rings. The number of carbonyl (C=O) groups excluding carboxylic acids is 3. The van der Waals surface area contributed by atoms with E-state index in [4.69, 9.17) is 0 Å². The Hall–Kier alpha value is -2.28. The van der Waals surface area contributed by atoms with Crippen LogP contribution >= 0.6 is 0 Å². The number of piperidine rings is 2. The minimum absolute atomic E-state index is 0.0986. The molecule has 7 heteroatoms. The van der Waals surface area contributed by atoms with Crippen LogP contribution in [0.5, 0.6) is 0 Å².